The first-order chi connectivity index (χ1) is 12.6. The summed E-state index contributed by atoms with van der Waals surface area (Å²) in [7, 11) is 1.80. The Labute approximate surface area is 183 Å². The summed E-state index contributed by atoms with van der Waals surface area (Å²) in [6.45, 7) is 6.61. The van der Waals surface area contributed by atoms with Crippen molar-refractivity contribution in [1.82, 2.24) is 20.5 Å². The zero-order chi connectivity index (χ0) is 18.5. The molecule has 1 aliphatic carbocycles. The van der Waals surface area contributed by atoms with Crippen LogP contribution in [0.25, 0.3) is 0 Å². The normalized spacial score (nSPS) is 20.6. The van der Waals surface area contributed by atoms with Gasteiger partial charge in [0.05, 0.1) is 10.7 Å². The first-order valence-corrected chi connectivity index (χ1v) is 10.6. The Morgan fingerprint density at radius 2 is 2.04 bits per heavy atom. The molecule has 152 valence electrons. The summed E-state index contributed by atoms with van der Waals surface area (Å²) in [4.78, 5) is 24.8. The Morgan fingerprint density at radius 1 is 1.30 bits per heavy atom. The zero-order valence-electron chi connectivity index (χ0n) is 16.6. The quantitative estimate of drug-likeness (QED) is 0.367. The van der Waals surface area contributed by atoms with E-state index in [9.17, 15) is 4.79 Å². The Hall–Kier alpha value is -0.900. The Bertz CT molecular complexity index is 657. The maximum absolute atomic E-state index is 12.6. The van der Waals surface area contributed by atoms with E-state index in [4.69, 9.17) is 0 Å². The van der Waals surface area contributed by atoms with Crippen molar-refractivity contribution in [3.05, 3.63) is 15.6 Å². The number of guanidine groups is 1. The smallest absolute Gasteiger partial charge is 0.225 e. The Morgan fingerprint density at radius 3 is 2.67 bits per heavy atom. The van der Waals surface area contributed by atoms with E-state index in [-0.39, 0.29) is 29.9 Å². The predicted molar refractivity (Wildman–Crippen MR) is 122 cm³/mol. The third-order valence-corrected chi connectivity index (χ3v) is 6.55. The number of thiazole rings is 1. The average Bonchev–Trinajstić information content (AvgIpc) is 3.35. The third kappa shape index (κ3) is 6.04. The summed E-state index contributed by atoms with van der Waals surface area (Å²) in [5.74, 6) is 1.46. The van der Waals surface area contributed by atoms with Gasteiger partial charge in [-0.1, -0.05) is 12.8 Å². The van der Waals surface area contributed by atoms with Crippen LogP contribution in [0, 0.1) is 19.8 Å². The summed E-state index contributed by atoms with van der Waals surface area (Å²) in [6.07, 6.45) is 6.52. The molecular formula is C19H32IN5OS. The minimum Gasteiger partial charge on any atom is -0.356 e. The molecule has 1 aromatic rings. The van der Waals surface area contributed by atoms with Gasteiger partial charge in [-0.25, -0.2) is 4.98 Å². The van der Waals surface area contributed by atoms with Crippen molar-refractivity contribution in [3.8, 4) is 0 Å². The molecule has 1 saturated heterocycles. The van der Waals surface area contributed by atoms with Crippen LogP contribution < -0.4 is 10.6 Å². The van der Waals surface area contributed by atoms with Gasteiger partial charge in [-0.2, -0.15) is 0 Å². The molecule has 0 bridgehead atoms. The average molecular weight is 505 g/mol. The number of aromatic nitrogens is 1. The highest BCUT2D eigenvalue weighted by Gasteiger charge is 2.32. The van der Waals surface area contributed by atoms with Crippen LogP contribution in [0.1, 0.15) is 47.7 Å². The van der Waals surface area contributed by atoms with E-state index in [1.165, 1.54) is 17.7 Å². The lowest BCUT2D eigenvalue weighted by Gasteiger charge is -2.21. The minimum atomic E-state index is 0. The van der Waals surface area contributed by atoms with Crippen LogP contribution in [0.2, 0.25) is 0 Å². The van der Waals surface area contributed by atoms with Crippen LogP contribution in [0.3, 0.4) is 0 Å². The molecule has 1 amide bonds. The van der Waals surface area contributed by atoms with Crippen LogP contribution in [-0.4, -0.2) is 54.5 Å². The van der Waals surface area contributed by atoms with E-state index in [1.807, 2.05) is 11.8 Å². The maximum Gasteiger partial charge on any atom is 0.225 e. The standard InChI is InChI=1S/C19H31N5OS.HI/c1-13-17(26-14(2)22-13)8-10-21-19(20-3)23-16-9-11-24(12-16)18(25)15-6-4-5-7-15;/h15-16H,4-12H2,1-3H3,(H2,20,21,23);1H. The number of hydrogen-bond acceptors (Lipinski definition) is 4. The SMILES string of the molecule is CN=C(NCCc1sc(C)nc1C)NC1CCN(C(=O)C2CCCC2)C1.I. The lowest BCUT2D eigenvalue weighted by molar-refractivity contribution is -0.134. The summed E-state index contributed by atoms with van der Waals surface area (Å²) in [5.41, 5.74) is 1.13. The molecule has 2 fully saturated rings. The van der Waals surface area contributed by atoms with Gasteiger partial charge >= 0.3 is 0 Å². The fourth-order valence-electron chi connectivity index (χ4n) is 4.00. The number of carbonyl (C=O) groups is 1. The molecule has 27 heavy (non-hydrogen) atoms. The van der Waals surface area contributed by atoms with Gasteiger partial charge in [0.25, 0.3) is 0 Å². The molecule has 3 rings (SSSR count). The highest BCUT2D eigenvalue weighted by molar-refractivity contribution is 14.0. The van der Waals surface area contributed by atoms with E-state index in [0.29, 0.717) is 11.9 Å². The number of aryl methyl sites for hydroxylation is 2. The van der Waals surface area contributed by atoms with E-state index in [0.717, 1.165) is 62.0 Å². The van der Waals surface area contributed by atoms with Gasteiger partial charge in [0.15, 0.2) is 5.96 Å². The summed E-state index contributed by atoms with van der Waals surface area (Å²) in [5, 5.41) is 8.00. The van der Waals surface area contributed by atoms with E-state index < -0.39 is 0 Å². The van der Waals surface area contributed by atoms with Crippen LogP contribution in [0.4, 0.5) is 0 Å². The Kier molecular flexibility index (Phi) is 8.78. The monoisotopic (exact) mass is 505 g/mol. The molecular weight excluding hydrogens is 473 g/mol. The molecule has 2 aliphatic rings. The molecule has 1 atom stereocenters. The van der Waals surface area contributed by atoms with Crippen LogP contribution in [0.15, 0.2) is 4.99 Å². The molecule has 6 nitrogen and oxygen atoms in total. The number of aliphatic imine (C=N–C) groups is 1. The van der Waals surface area contributed by atoms with Crippen molar-refractivity contribution in [2.45, 2.75) is 58.4 Å². The molecule has 1 saturated carbocycles. The number of halogens is 1. The number of rotatable bonds is 5. The van der Waals surface area contributed by atoms with Gasteiger partial charge in [0.1, 0.15) is 0 Å². The predicted octanol–water partition coefficient (Wildman–Crippen LogP) is 2.88. The van der Waals surface area contributed by atoms with Crippen molar-refractivity contribution in [2.24, 2.45) is 10.9 Å². The summed E-state index contributed by atoms with van der Waals surface area (Å²) >= 11 is 1.77. The second-order valence-electron chi connectivity index (χ2n) is 7.39. The molecule has 2 N–H and O–H groups in total. The van der Waals surface area contributed by atoms with Crippen molar-refractivity contribution < 1.29 is 4.79 Å². The molecule has 8 heteroatoms. The first kappa shape index (κ1) is 22.4. The van der Waals surface area contributed by atoms with Crippen molar-refractivity contribution in [1.29, 1.82) is 0 Å². The Balaban J connectivity index is 0.00000261. The van der Waals surface area contributed by atoms with E-state index in [2.05, 4.69) is 27.5 Å². The van der Waals surface area contributed by atoms with Crippen molar-refractivity contribution in [3.63, 3.8) is 0 Å². The third-order valence-electron chi connectivity index (χ3n) is 5.41. The van der Waals surface area contributed by atoms with Crippen LogP contribution >= 0.6 is 35.3 Å². The first-order valence-electron chi connectivity index (χ1n) is 9.75. The minimum absolute atomic E-state index is 0. The van der Waals surface area contributed by atoms with Gasteiger partial charge in [0, 0.05) is 49.9 Å². The maximum atomic E-state index is 12.6. The number of nitrogens with zero attached hydrogens (tertiary/aromatic N) is 3. The summed E-state index contributed by atoms with van der Waals surface area (Å²) in [6, 6.07) is 0.291. The van der Waals surface area contributed by atoms with E-state index >= 15 is 0 Å². The summed E-state index contributed by atoms with van der Waals surface area (Å²) < 4.78 is 0. The number of carbonyl (C=O) groups excluding carboxylic acids is 1. The van der Waals surface area contributed by atoms with Gasteiger partial charge in [-0.3, -0.25) is 9.79 Å². The molecule has 1 aliphatic heterocycles. The highest BCUT2D eigenvalue weighted by Crippen LogP contribution is 2.27. The number of likely N-dealkylation sites (tertiary alicyclic amines) is 1. The van der Waals surface area contributed by atoms with Gasteiger partial charge < -0.3 is 15.5 Å². The zero-order valence-corrected chi connectivity index (χ0v) is 19.7. The second kappa shape index (κ2) is 10.6. The molecule has 0 spiro atoms. The fraction of sp³-hybridized carbons (Fsp3) is 0.737. The van der Waals surface area contributed by atoms with Crippen LogP contribution in [0.5, 0.6) is 0 Å². The largest absolute Gasteiger partial charge is 0.356 e. The number of amides is 1. The van der Waals surface area contributed by atoms with Crippen LogP contribution in [-0.2, 0) is 11.2 Å². The second-order valence-corrected chi connectivity index (χ2v) is 8.67. The van der Waals surface area contributed by atoms with Crippen molar-refractivity contribution >= 4 is 47.2 Å². The molecule has 0 radical (unpaired) electrons. The van der Waals surface area contributed by atoms with Gasteiger partial charge in [0.2, 0.25) is 5.91 Å². The van der Waals surface area contributed by atoms with Gasteiger partial charge in [-0.15, -0.1) is 35.3 Å². The molecule has 1 aromatic heterocycles. The highest BCUT2D eigenvalue weighted by atomic mass is 127. The topological polar surface area (TPSA) is 69.6 Å². The number of hydrogen-bond donors (Lipinski definition) is 2. The van der Waals surface area contributed by atoms with Crippen molar-refractivity contribution in [2.75, 3.05) is 26.7 Å². The number of nitrogens with one attached hydrogen (secondary N) is 2. The lowest BCUT2D eigenvalue weighted by Crippen LogP contribution is -2.45. The molecule has 2 heterocycles. The lowest BCUT2D eigenvalue weighted by atomic mass is 10.1. The van der Waals surface area contributed by atoms with E-state index in [1.54, 1.807) is 18.4 Å². The molecule has 0 aromatic carbocycles. The fourth-order valence-corrected chi connectivity index (χ4v) is 4.93. The van der Waals surface area contributed by atoms with Gasteiger partial charge in [-0.05, 0) is 33.1 Å². The molecule has 1 unspecified atom stereocenters.